The molecule has 0 saturated carbocycles. The average Bonchev–Trinajstić information content (AvgIpc) is 2.41. The Morgan fingerprint density at radius 2 is 1.65 bits per heavy atom. The van der Waals surface area contributed by atoms with Gasteiger partial charge in [-0.3, -0.25) is 15.1 Å². The molecule has 0 fully saturated rings. The van der Waals surface area contributed by atoms with Gasteiger partial charge in [0, 0.05) is 42.4 Å². The Morgan fingerprint density at radius 3 is 2.15 bits per heavy atom. The van der Waals surface area contributed by atoms with Gasteiger partial charge in [0.1, 0.15) is 0 Å². The van der Waals surface area contributed by atoms with Crippen LogP contribution in [-0.2, 0) is 20.1 Å². The van der Waals surface area contributed by atoms with E-state index >= 15 is 0 Å². The molecule has 0 N–H and O–H groups in total. The summed E-state index contributed by atoms with van der Waals surface area (Å²) in [5.41, 5.74) is 2.62. The molecule has 4 nitrogen and oxygen atoms in total. The van der Waals surface area contributed by atoms with Crippen LogP contribution in [0.2, 0.25) is 0 Å². The van der Waals surface area contributed by atoms with E-state index in [1.807, 2.05) is 31.2 Å². The molecular formula is C14H11BrIrN2O2. The maximum atomic E-state index is 10.6. The third-order valence-corrected chi connectivity index (χ3v) is 3.15. The minimum atomic E-state index is -0.412. The predicted molar refractivity (Wildman–Crippen MR) is 79.1 cm³/mol. The molecule has 0 aliphatic rings. The number of hydrogen-bond acceptors (Lipinski definition) is 3. The van der Waals surface area contributed by atoms with Gasteiger partial charge in [0.05, 0.1) is 10.6 Å². The van der Waals surface area contributed by atoms with Crippen molar-refractivity contribution in [1.82, 2.24) is 0 Å². The SMILES string of the molecule is C/C(=N\c1ccc(Br)cc1)c1ccc([N+](=O)[O-])cc1.[Ir]. The third-order valence-electron chi connectivity index (χ3n) is 2.62. The number of nitro groups is 1. The van der Waals surface area contributed by atoms with Crippen LogP contribution in [0.4, 0.5) is 11.4 Å². The van der Waals surface area contributed by atoms with Crippen LogP contribution in [0, 0.1) is 10.1 Å². The molecule has 0 aliphatic carbocycles. The van der Waals surface area contributed by atoms with Gasteiger partial charge in [-0.2, -0.15) is 0 Å². The van der Waals surface area contributed by atoms with Crippen LogP contribution < -0.4 is 0 Å². The third kappa shape index (κ3) is 4.34. The van der Waals surface area contributed by atoms with Crippen molar-refractivity contribution < 1.29 is 25.0 Å². The Morgan fingerprint density at radius 1 is 1.10 bits per heavy atom. The van der Waals surface area contributed by atoms with Crippen molar-refractivity contribution in [2.45, 2.75) is 6.92 Å². The Balaban J connectivity index is 0.00000200. The quantitative estimate of drug-likeness (QED) is 0.347. The Kier molecular flexibility index (Phi) is 6.20. The number of nitro benzene ring substituents is 1. The zero-order chi connectivity index (χ0) is 13.8. The van der Waals surface area contributed by atoms with E-state index in [2.05, 4.69) is 20.9 Å². The molecule has 2 rings (SSSR count). The van der Waals surface area contributed by atoms with Gasteiger partial charge in [-0.05, 0) is 48.9 Å². The molecule has 0 saturated heterocycles. The summed E-state index contributed by atoms with van der Waals surface area (Å²) < 4.78 is 0.999. The summed E-state index contributed by atoms with van der Waals surface area (Å²) in [7, 11) is 0. The van der Waals surface area contributed by atoms with Crippen LogP contribution in [0.3, 0.4) is 0 Å². The molecule has 2 aromatic rings. The van der Waals surface area contributed by atoms with E-state index in [0.29, 0.717) is 0 Å². The van der Waals surface area contributed by atoms with Gasteiger partial charge in [-0.15, -0.1) is 0 Å². The second-order valence-corrected chi connectivity index (χ2v) is 4.89. The fraction of sp³-hybridized carbons (Fsp3) is 0.0714. The minimum Gasteiger partial charge on any atom is -0.258 e. The van der Waals surface area contributed by atoms with Crippen LogP contribution in [0.25, 0.3) is 0 Å². The summed E-state index contributed by atoms with van der Waals surface area (Å²) >= 11 is 3.37. The van der Waals surface area contributed by atoms with E-state index in [1.54, 1.807) is 12.1 Å². The fourth-order valence-electron chi connectivity index (χ4n) is 1.60. The van der Waals surface area contributed by atoms with Crippen molar-refractivity contribution in [2.24, 2.45) is 4.99 Å². The van der Waals surface area contributed by atoms with Crippen LogP contribution in [0.15, 0.2) is 58.0 Å². The Bertz CT molecular complexity index is 625. The molecule has 105 valence electrons. The molecule has 0 bridgehead atoms. The second kappa shape index (κ2) is 7.43. The summed E-state index contributed by atoms with van der Waals surface area (Å²) in [6.07, 6.45) is 0. The van der Waals surface area contributed by atoms with Gasteiger partial charge < -0.3 is 0 Å². The fourth-order valence-corrected chi connectivity index (χ4v) is 1.86. The standard InChI is InChI=1S/C14H11BrN2O2.Ir/c1-10(16-13-6-4-12(15)5-7-13)11-2-8-14(9-3-11)17(18)19;/h2-9H,1H3;/b16-10+;. The molecule has 0 atom stereocenters. The van der Waals surface area contributed by atoms with Crippen LogP contribution in [0.5, 0.6) is 0 Å². The first-order valence-corrected chi connectivity index (χ1v) is 6.41. The van der Waals surface area contributed by atoms with E-state index in [-0.39, 0.29) is 25.8 Å². The van der Waals surface area contributed by atoms with E-state index in [9.17, 15) is 10.1 Å². The molecule has 2 aromatic carbocycles. The molecule has 0 heterocycles. The number of halogens is 1. The molecular weight excluding hydrogens is 500 g/mol. The number of nitrogens with zero attached hydrogens (tertiary/aromatic N) is 2. The Labute approximate surface area is 138 Å². The maximum Gasteiger partial charge on any atom is 0.269 e. The zero-order valence-corrected chi connectivity index (χ0v) is 14.5. The first-order chi connectivity index (χ1) is 9.06. The van der Waals surface area contributed by atoms with Gasteiger partial charge in [0.2, 0.25) is 0 Å². The van der Waals surface area contributed by atoms with Crippen molar-refractivity contribution in [3.8, 4) is 0 Å². The average molecular weight is 511 g/mol. The van der Waals surface area contributed by atoms with Gasteiger partial charge in [0.25, 0.3) is 5.69 Å². The van der Waals surface area contributed by atoms with Gasteiger partial charge >= 0.3 is 0 Å². The van der Waals surface area contributed by atoms with E-state index in [1.165, 1.54) is 12.1 Å². The van der Waals surface area contributed by atoms with Crippen LogP contribution in [0.1, 0.15) is 12.5 Å². The van der Waals surface area contributed by atoms with Gasteiger partial charge in [0.15, 0.2) is 0 Å². The molecule has 0 unspecified atom stereocenters. The summed E-state index contributed by atoms with van der Waals surface area (Å²) in [5.74, 6) is 0. The van der Waals surface area contributed by atoms with E-state index in [4.69, 9.17) is 0 Å². The Hall–Kier alpha value is -1.36. The number of aliphatic imine (C=N–C) groups is 1. The summed E-state index contributed by atoms with van der Waals surface area (Å²) in [6.45, 7) is 1.88. The molecule has 0 aliphatic heterocycles. The zero-order valence-electron chi connectivity index (χ0n) is 10.5. The summed E-state index contributed by atoms with van der Waals surface area (Å²) in [6, 6.07) is 14.0. The molecule has 1 radical (unpaired) electrons. The summed E-state index contributed by atoms with van der Waals surface area (Å²) in [5, 5.41) is 10.6. The predicted octanol–water partition coefficient (Wildman–Crippen LogP) is 4.50. The van der Waals surface area contributed by atoms with Gasteiger partial charge in [-0.1, -0.05) is 15.9 Å². The first kappa shape index (κ1) is 16.7. The molecule has 0 amide bonds. The first-order valence-electron chi connectivity index (χ1n) is 5.62. The second-order valence-electron chi connectivity index (χ2n) is 3.98. The van der Waals surface area contributed by atoms with Crippen LogP contribution >= 0.6 is 15.9 Å². The topological polar surface area (TPSA) is 55.5 Å². The van der Waals surface area contributed by atoms with Crippen molar-refractivity contribution in [3.63, 3.8) is 0 Å². The minimum absolute atomic E-state index is 0. The van der Waals surface area contributed by atoms with Crippen molar-refractivity contribution in [2.75, 3.05) is 0 Å². The normalized spacial score (nSPS) is 10.8. The molecule has 0 aromatic heterocycles. The van der Waals surface area contributed by atoms with E-state index in [0.717, 1.165) is 21.4 Å². The number of rotatable bonds is 3. The number of hydrogen-bond donors (Lipinski definition) is 0. The summed E-state index contributed by atoms with van der Waals surface area (Å²) in [4.78, 5) is 14.6. The number of non-ortho nitro benzene ring substituents is 1. The van der Waals surface area contributed by atoms with Crippen molar-refractivity contribution in [3.05, 3.63) is 68.7 Å². The smallest absolute Gasteiger partial charge is 0.258 e. The van der Waals surface area contributed by atoms with Gasteiger partial charge in [-0.25, -0.2) is 0 Å². The number of benzene rings is 2. The molecule has 6 heteroatoms. The monoisotopic (exact) mass is 511 g/mol. The molecule has 20 heavy (non-hydrogen) atoms. The van der Waals surface area contributed by atoms with Crippen LogP contribution in [-0.4, -0.2) is 10.6 Å². The van der Waals surface area contributed by atoms with Crippen molar-refractivity contribution >= 4 is 33.0 Å². The van der Waals surface area contributed by atoms with E-state index < -0.39 is 4.92 Å². The van der Waals surface area contributed by atoms with Crippen molar-refractivity contribution in [1.29, 1.82) is 0 Å². The largest absolute Gasteiger partial charge is 0.269 e. The maximum absolute atomic E-state index is 10.6. The molecule has 0 spiro atoms.